The molecule has 1 saturated heterocycles. The first-order valence-electron chi connectivity index (χ1n) is 11.3. The number of benzene rings is 2. The highest BCUT2D eigenvalue weighted by molar-refractivity contribution is 5.64. The number of rotatable bonds is 6. The fourth-order valence-electron chi connectivity index (χ4n) is 4.26. The molecule has 0 radical (unpaired) electrons. The lowest BCUT2D eigenvalue weighted by Gasteiger charge is -2.18. The zero-order valence-corrected chi connectivity index (χ0v) is 18.5. The number of aromatic nitrogens is 2. The van der Waals surface area contributed by atoms with Crippen molar-refractivity contribution in [2.45, 2.75) is 32.1 Å². The molecule has 0 unspecified atom stereocenters. The van der Waals surface area contributed by atoms with E-state index in [9.17, 15) is 9.18 Å². The minimum atomic E-state index is -0.646. The molecular formula is C26H25FN4O2. The van der Waals surface area contributed by atoms with Crippen molar-refractivity contribution in [3.63, 3.8) is 0 Å². The van der Waals surface area contributed by atoms with Crippen LogP contribution in [0.5, 0.6) is 5.88 Å². The third kappa shape index (κ3) is 4.27. The highest BCUT2D eigenvalue weighted by Gasteiger charge is 2.24. The Morgan fingerprint density at radius 3 is 2.64 bits per heavy atom. The minimum absolute atomic E-state index is 0.0706. The van der Waals surface area contributed by atoms with E-state index >= 15 is 0 Å². The van der Waals surface area contributed by atoms with Gasteiger partial charge in [0, 0.05) is 18.0 Å². The molecule has 1 aliphatic heterocycles. The molecular weight excluding hydrogens is 419 g/mol. The average molecular weight is 445 g/mol. The second-order valence-corrected chi connectivity index (χ2v) is 8.82. The Morgan fingerprint density at radius 1 is 1.21 bits per heavy atom. The number of nitrogens with one attached hydrogen (secondary N) is 1. The van der Waals surface area contributed by atoms with Gasteiger partial charge in [0.1, 0.15) is 5.82 Å². The zero-order chi connectivity index (χ0) is 22.9. The summed E-state index contributed by atoms with van der Waals surface area (Å²) in [6, 6.07) is 12.2. The van der Waals surface area contributed by atoms with E-state index in [0.29, 0.717) is 41.1 Å². The number of ether oxygens (including phenoxy) is 1. The van der Waals surface area contributed by atoms with Crippen LogP contribution in [0.15, 0.2) is 47.3 Å². The van der Waals surface area contributed by atoms with E-state index in [4.69, 9.17) is 11.3 Å². The van der Waals surface area contributed by atoms with Gasteiger partial charge in [-0.2, -0.15) is 4.98 Å². The molecule has 3 aromatic rings. The molecule has 1 aliphatic carbocycles. The standard InChI is InChI=1S/C26H25FN4O2/c1-16-25(33-15-17-11-12-29-14-17)30-24(20-7-10-23(28-2)22(27)13-20)31(26(16)32)21-8-5-19(6-9-21)18-3-4-18/h5-10,13,17-18,29H,3-4,11-12,14-15H2,1H3/t17-/m0/s1. The molecule has 0 amide bonds. The summed E-state index contributed by atoms with van der Waals surface area (Å²) in [4.78, 5) is 21.4. The molecule has 33 heavy (non-hydrogen) atoms. The molecule has 1 aromatic heterocycles. The average Bonchev–Trinajstić information content (AvgIpc) is 3.55. The quantitative estimate of drug-likeness (QED) is 0.557. The van der Waals surface area contributed by atoms with E-state index in [1.54, 1.807) is 13.0 Å². The van der Waals surface area contributed by atoms with Crippen LogP contribution in [-0.4, -0.2) is 29.2 Å². The third-order valence-corrected chi connectivity index (χ3v) is 6.41. The first-order chi connectivity index (χ1) is 16.0. The Kier molecular flexibility index (Phi) is 5.69. The van der Waals surface area contributed by atoms with Gasteiger partial charge in [0.2, 0.25) is 11.6 Å². The Labute approximate surface area is 191 Å². The maximum atomic E-state index is 14.5. The molecule has 1 N–H and O–H groups in total. The predicted molar refractivity (Wildman–Crippen MR) is 125 cm³/mol. The van der Waals surface area contributed by atoms with Crippen molar-refractivity contribution in [3.8, 4) is 23.0 Å². The van der Waals surface area contributed by atoms with Gasteiger partial charge in [0.25, 0.3) is 5.56 Å². The predicted octanol–water partition coefficient (Wildman–Crippen LogP) is 4.76. The highest BCUT2D eigenvalue weighted by atomic mass is 19.1. The van der Waals surface area contributed by atoms with Gasteiger partial charge in [0.15, 0.2) is 5.82 Å². The van der Waals surface area contributed by atoms with Crippen LogP contribution in [0.1, 0.15) is 36.3 Å². The van der Waals surface area contributed by atoms with Crippen LogP contribution in [0.4, 0.5) is 10.1 Å². The van der Waals surface area contributed by atoms with E-state index in [1.807, 2.05) is 24.3 Å². The molecule has 1 saturated carbocycles. The molecule has 2 heterocycles. The van der Waals surface area contributed by atoms with Crippen molar-refractivity contribution in [2.75, 3.05) is 19.7 Å². The summed E-state index contributed by atoms with van der Waals surface area (Å²) < 4.78 is 22.0. The maximum absolute atomic E-state index is 14.5. The van der Waals surface area contributed by atoms with Crippen LogP contribution in [0, 0.1) is 25.2 Å². The second kappa shape index (κ2) is 8.80. The van der Waals surface area contributed by atoms with Gasteiger partial charge in [-0.15, -0.1) is 0 Å². The summed E-state index contributed by atoms with van der Waals surface area (Å²) in [5.41, 5.74) is 2.42. The number of hydrogen-bond acceptors (Lipinski definition) is 4. The van der Waals surface area contributed by atoms with Gasteiger partial charge in [-0.1, -0.05) is 24.3 Å². The van der Waals surface area contributed by atoms with Crippen molar-refractivity contribution in [2.24, 2.45) is 5.92 Å². The molecule has 6 nitrogen and oxygen atoms in total. The van der Waals surface area contributed by atoms with E-state index in [-0.39, 0.29) is 17.1 Å². The summed E-state index contributed by atoms with van der Waals surface area (Å²) >= 11 is 0. The molecule has 1 atom stereocenters. The van der Waals surface area contributed by atoms with Crippen LogP contribution < -0.4 is 15.6 Å². The van der Waals surface area contributed by atoms with Gasteiger partial charge in [-0.25, -0.2) is 9.24 Å². The lowest BCUT2D eigenvalue weighted by molar-refractivity contribution is 0.248. The summed E-state index contributed by atoms with van der Waals surface area (Å²) in [6.07, 6.45) is 3.40. The lowest BCUT2D eigenvalue weighted by Crippen LogP contribution is -2.26. The maximum Gasteiger partial charge on any atom is 0.265 e. The van der Waals surface area contributed by atoms with Crippen molar-refractivity contribution >= 4 is 5.69 Å². The molecule has 5 rings (SSSR count). The van der Waals surface area contributed by atoms with Gasteiger partial charge >= 0.3 is 0 Å². The first-order valence-corrected chi connectivity index (χ1v) is 11.3. The third-order valence-electron chi connectivity index (χ3n) is 6.41. The minimum Gasteiger partial charge on any atom is -0.477 e. The Morgan fingerprint density at radius 2 is 2.00 bits per heavy atom. The molecule has 2 aliphatic rings. The summed E-state index contributed by atoms with van der Waals surface area (Å²) in [5.74, 6) is 0.878. The molecule has 2 aromatic carbocycles. The van der Waals surface area contributed by atoms with Crippen LogP contribution in [0.3, 0.4) is 0 Å². The van der Waals surface area contributed by atoms with E-state index in [0.717, 1.165) is 19.5 Å². The van der Waals surface area contributed by atoms with E-state index in [1.165, 1.54) is 35.1 Å². The number of nitrogens with zero attached hydrogens (tertiary/aromatic N) is 3. The van der Waals surface area contributed by atoms with Gasteiger partial charge < -0.3 is 10.1 Å². The number of hydrogen-bond donors (Lipinski definition) is 1. The zero-order valence-electron chi connectivity index (χ0n) is 18.5. The Bertz CT molecular complexity index is 1280. The highest BCUT2D eigenvalue weighted by Crippen LogP contribution is 2.40. The molecule has 168 valence electrons. The fraction of sp³-hybridized carbons (Fsp3) is 0.346. The van der Waals surface area contributed by atoms with Crippen LogP contribution in [0.25, 0.3) is 21.9 Å². The SMILES string of the molecule is [C-]#[N+]c1ccc(-c2nc(OC[C@H]3CCNC3)c(C)c(=O)n2-c2ccc(C3CC3)cc2)cc1F. The summed E-state index contributed by atoms with van der Waals surface area (Å²) in [5, 5.41) is 3.30. The van der Waals surface area contributed by atoms with Crippen molar-refractivity contribution in [1.82, 2.24) is 14.9 Å². The topological polar surface area (TPSA) is 60.5 Å². The molecule has 0 spiro atoms. The summed E-state index contributed by atoms with van der Waals surface area (Å²) in [6.45, 7) is 11.1. The second-order valence-electron chi connectivity index (χ2n) is 8.82. The van der Waals surface area contributed by atoms with Crippen LogP contribution >= 0.6 is 0 Å². The van der Waals surface area contributed by atoms with Crippen LogP contribution in [0.2, 0.25) is 0 Å². The van der Waals surface area contributed by atoms with Crippen molar-refractivity contribution in [3.05, 3.63) is 81.2 Å². The van der Waals surface area contributed by atoms with Crippen LogP contribution in [-0.2, 0) is 0 Å². The van der Waals surface area contributed by atoms with Gasteiger partial charge in [0.05, 0.1) is 24.4 Å². The first kappa shape index (κ1) is 21.4. The normalized spacial score (nSPS) is 17.7. The van der Waals surface area contributed by atoms with E-state index in [2.05, 4.69) is 15.1 Å². The lowest BCUT2D eigenvalue weighted by atomic mass is 10.1. The molecule has 0 bridgehead atoms. The Balaban J connectivity index is 1.61. The van der Waals surface area contributed by atoms with Crippen molar-refractivity contribution < 1.29 is 9.13 Å². The van der Waals surface area contributed by atoms with Crippen molar-refractivity contribution in [1.29, 1.82) is 0 Å². The Hall–Kier alpha value is -3.50. The van der Waals surface area contributed by atoms with E-state index < -0.39 is 5.82 Å². The monoisotopic (exact) mass is 444 g/mol. The molecule has 2 fully saturated rings. The molecule has 7 heteroatoms. The smallest absolute Gasteiger partial charge is 0.265 e. The summed E-state index contributed by atoms with van der Waals surface area (Å²) in [7, 11) is 0. The van der Waals surface area contributed by atoms with Gasteiger partial charge in [-0.3, -0.25) is 9.36 Å². The number of halogens is 1. The fourth-order valence-corrected chi connectivity index (χ4v) is 4.26. The van der Waals surface area contributed by atoms with Gasteiger partial charge in [-0.05, 0) is 62.4 Å². The largest absolute Gasteiger partial charge is 0.477 e.